The van der Waals surface area contributed by atoms with Crippen molar-refractivity contribution >= 4 is 23.5 Å². The topological polar surface area (TPSA) is 84.5 Å². The Morgan fingerprint density at radius 1 is 1.00 bits per heavy atom. The lowest BCUT2D eigenvalue weighted by Crippen LogP contribution is -2.30. The fourth-order valence-electron chi connectivity index (χ4n) is 2.34. The first-order valence-corrected chi connectivity index (χ1v) is 7.80. The smallest absolute Gasteiger partial charge is 0.307 e. The van der Waals surface area contributed by atoms with E-state index >= 15 is 0 Å². The van der Waals surface area contributed by atoms with Crippen LogP contribution < -0.4 is 10.6 Å². The normalized spacial score (nSPS) is 11.3. The maximum atomic E-state index is 12.5. The van der Waals surface area contributed by atoms with E-state index in [4.69, 9.17) is 4.74 Å². The van der Waals surface area contributed by atoms with E-state index in [2.05, 4.69) is 10.6 Å². The van der Waals surface area contributed by atoms with Crippen molar-refractivity contribution in [1.29, 1.82) is 0 Å². The van der Waals surface area contributed by atoms with E-state index in [1.54, 1.807) is 24.3 Å². The Balaban J connectivity index is 2.13. The molecule has 0 aliphatic heterocycles. The molecule has 0 bridgehead atoms. The average molecular weight is 340 g/mol. The Morgan fingerprint density at radius 2 is 1.64 bits per heavy atom. The molecule has 2 rings (SSSR count). The van der Waals surface area contributed by atoms with Crippen LogP contribution in [0.5, 0.6) is 0 Å². The van der Waals surface area contributed by atoms with Crippen LogP contribution in [-0.2, 0) is 14.3 Å². The van der Waals surface area contributed by atoms with Crippen molar-refractivity contribution < 1.29 is 19.1 Å². The number of ether oxygens (including phenoxy) is 1. The van der Waals surface area contributed by atoms with Gasteiger partial charge in [0.2, 0.25) is 5.91 Å². The van der Waals surface area contributed by atoms with Crippen LogP contribution in [0, 0.1) is 0 Å². The molecule has 0 unspecified atom stereocenters. The number of esters is 1. The molecule has 0 fully saturated rings. The third kappa shape index (κ3) is 5.46. The first-order valence-electron chi connectivity index (χ1n) is 7.80. The summed E-state index contributed by atoms with van der Waals surface area (Å²) in [5, 5.41) is 5.49. The molecule has 0 saturated heterocycles. The monoisotopic (exact) mass is 340 g/mol. The summed E-state index contributed by atoms with van der Waals surface area (Å²) in [6.07, 6.45) is 0.0379. The minimum Gasteiger partial charge on any atom is -0.469 e. The van der Waals surface area contributed by atoms with Crippen LogP contribution in [0.25, 0.3) is 0 Å². The van der Waals surface area contributed by atoms with Gasteiger partial charge in [-0.1, -0.05) is 30.3 Å². The van der Waals surface area contributed by atoms with E-state index in [0.29, 0.717) is 11.3 Å². The predicted molar refractivity (Wildman–Crippen MR) is 94.0 cm³/mol. The molecule has 6 nitrogen and oxygen atoms in total. The molecule has 0 aliphatic rings. The van der Waals surface area contributed by atoms with Gasteiger partial charge in [0.1, 0.15) is 0 Å². The Kier molecular flexibility index (Phi) is 6.28. The van der Waals surface area contributed by atoms with Gasteiger partial charge in [0, 0.05) is 18.2 Å². The van der Waals surface area contributed by atoms with Gasteiger partial charge in [-0.3, -0.25) is 14.4 Å². The lowest BCUT2D eigenvalue weighted by molar-refractivity contribution is -0.141. The zero-order valence-electron chi connectivity index (χ0n) is 14.1. The molecule has 0 aliphatic carbocycles. The van der Waals surface area contributed by atoms with Crippen molar-refractivity contribution in [2.24, 2.45) is 0 Å². The molecule has 6 heteroatoms. The molecule has 130 valence electrons. The highest BCUT2D eigenvalue weighted by atomic mass is 16.5. The number of rotatable bonds is 6. The van der Waals surface area contributed by atoms with Gasteiger partial charge < -0.3 is 15.4 Å². The van der Waals surface area contributed by atoms with Gasteiger partial charge in [-0.25, -0.2) is 0 Å². The molecule has 0 saturated carbocycles. The SMILES string of the molecule is COC(=O)C[C@@H](NC(=O)c1ccc(NC(C)=O)cc1)c1ccccc1. The van der Waals surface area contributed by atoms with Gasteiger partial charge >= 0.3 is 5.97 Å². The summed E-state index contributed by atoms with van der Waals surface area (Å²) >= 11 is 0. The number of anilines is 1. The zero-order valence-corrected chi connectivity index (χ0v) is 14.1. The first kappa shape index (κ1) is 18.2. The van der Waals surface area contributed by atoms with Crippen LogP contribution in [0.2, 0.25) is 0 Å². The summed E-state index contributed by atoms with van der Waals surface area (Å²) in [7, 11) is 1.31. The minimum absolute atomic E-state index is 0.0379. The van der Waals surface area contributed by atoms with Crippen LogP contribution in [0.1, 0.15) is 35.3 Å². The summed E-state index contributed by atoms with van der Waals surface area (Å²) < 4.78 is 4.71. The molecule has 25 heavy (non-hydrogen) atoms. The summed E-state index contributed by atoms with van der Waals surface area (Å²) in [4.78, 5) is 35.2. The molecule has 0 heterocycles. The van der Waals surface area contributed by atoms with Crippen LogP contribution >= 0.6 is 0 Å². The number of carbonyl (C=O) groups excluding carboxylic acids is 3. The Morgan fingerprint density at radius 3 is 2.20 bits per heavy atom. The molecule has 0 spiro atoms. The molecule has 2 amide bonds. The maximum Gasteiger partial charge on any atom is 0.307 e. The lowest BCUT2D eigenvalue weighted by Gasteiger charge is -2.18. The van der Waals surface area contributed by atoms with Crippen molar-refractivity contribution in [3.05, 3.63) is 65.7 Å². The van der Waals surface area contributed by atoms with E-state index in [1.807, 2.05) is 30.3 Å². The minimum atomic E-state index is -0.490. The van der Waals surface area contributed by atoms with E-state index in [1.165, 1.54) is 14.0 Å². The molecule has 2 aromatic rings. The summed E-state index contributed by atoms with van der Waals surface area (Å²) in [6, 6.07) is 15.3. The van der Waals surface area contributed by atoms with Crippen LogP contribution in [-0.4, -0.2) is 24.9 Å². The van der Waals surface area contributed by atoms with Gasteiger partial charge in [-0.05, 0) is 29.8 Å². The zero-order chi connectivity index (χ0) is 18.2. The van der Waals surface area contributed by atoms with E-state index in [0.717, 1.165) is 5.56 Å². The highest BCUT2D eigenvalue weighted by Gasteiger charge is 2.19. The molecule has 0 radical (unpaired) electrons. The Bertz CT molecular complexity index is 742. The number of nitrogens with one attached hydrogen (secondary N) is 2. The van der Waals surface area contributed by atoms with Crippen LogP contribution in [0.15, 0.2) is 54.6 Å². The summed E-state index contributed by atoms with van der Waals surface area (Å²) in [6.45, 7) is 1.41. The second-order valence-corrected chi connectivity index (χ2v) is 5.48. The van der Waals surface area contributed by atoms with Crippen molar-refractivity contribution in [2.45, 2.75) is 19.4 Å². The van der Waals surface area contributed by atoms with Gasteiger partial charge in [0.15, 0.2) is 0 Å². The average Bonchev–Trinajstić information content (AvgIpc) is 2.61. The number of hydrogen-bond acceptors (Lipinski definition) is 4. The van der Waals surface area contributed by atoms with Crippen LogP contribution in [0.3, 0.4) is 0 Å². The maximum absolute atomic E-state index is 12.5. The second kappa shape index (κ2) is 8.63. The second-order valence-electron chi connectivity index (χ2n) is 5.48. The van der Waals surface area contributed by atoms with Crippen molar-refractivity contribution in [3.8, 4) is 0 Å². The van der Waals surface area contributed by atoms with Crippen LogP contribution in [0.4, 0.5) is 5.69 Å². The van der Waals surface area contributed by atoms with Gasteiger partial charge in [-0.2, -0.15) is 0 Å². The van der Waals surface area contributed by atoms with E-state index < -0.39 is 12.0 Å². The Labute approximate surface area is 146 Å². The Hall–Kier alpha value is -3.15. The molecular weight excluding hydrogens is 320 g/mol. The van der Waals surface area contributed by atoms with Crippen molar-refractivity contribution in [1.82, 2.24) is 5.32 Å². The number of methoxy groups -OCH3 is 1. The highest BCUT2D eigenvalue weighted by molar-refractivity contribution is 5.96. The fraction of sp³-hybridized carbons (Fsp3) is 0.211. The molecule has 2 N–H and O–H groups in total. The van der Waals surface area contributed by atoms with Gasteiger partial charge in [0.05, 0.1) is 19.6 Å². The predicted octanol–water partition coefficient (Wildman–Crippen LogP) is 2.68. The third-order valence-corrected chi connectivity index (χ3v) is 3.57. The summed E-state index contributed by atoms with van der Waals surface area (Å²) in [5.41, 5.74) is 1.86. The standard InChI is InChI=1S/C19H20N2O4/c1-13(22)20-16-10-8-15(9-11-16)19(24)21-17(12-18(23)25-2)14-6-4-3-5-7-14/h3-11,17H,12H2,1-2H3,(H,20,22)(H,21,24)/t17-/m1/s1. The lowest BCUT2D eigenvalue weighted by atomic mass is 10.0. The molecule has 0 aromatic heterocycles. The number of hydrogen-bond donors (Lipinski definition) is 2. The van der Waals surface area contributed by atoms with E-state index in [-0.39, 0.29) is 18.2 Å². The quantitative estimate of drug-likeness (QED) is 0.792. The number of amides is 2. The largest absolute Gasteiger partial charge is 0.469 e. The van der Waals surface area contributed by atoms with Gasteiger partial charge in [-0.15, -0.1) is 0 Å². The molecule has 1 atom stereocenters. The molecular formula is C19H20N2O4. The highest BCUT2D eigenvalue weighted by Crippen LogP contribution is 2.18. The third-order valence-electron chi connectivity index (χ3n) is 3.57. The summed E-state index contributed by atoms with van der Waals surface area (Å²) in [5.74, 6) is -0.901. The number of carbonyl (C=O) groups is 3. The van der Waals surface area contributed by atoms with Gasteiger partial charge in [0.25, 0.3) is 5.91 Å². The van der Waals surface area contributed by atoms with Crippen molar-refractivity contribution in [3.63, 3.8) is 0 Å². The first-order chi connectivity index (χ1) is 12.0. The fourth-order valence-corrected chi connectivity index (χ4v) is 2.34. The van der Waals surface area contributed by atoms with E-state index in [9.17, 15) is 14.4 Å². The number of benzene rings is 2. The molecule has 2 aromatic carbocycles. The van der Waals surface area contributed by atoms with Crippen molar-refractivity contribution in [2.75, 3.05) is 12.4 Å².